The summed E-state index contributed by atoms with van der Waals surface area (Å²) in [5.41, 5.74) is 2.87. The number of hydrogen-bond acceptors (Lipinski definition) is 6. The minimum absolute atomic E-state index is 0.0954. The lowest BCUT2D eigenvalue weighted by atomic mass is 10.1. The van der Waals surface area contributed by atoms with E-state index in [4.69, 9.17) is 17.3 Å². The highest BCUT2D eigenvalue weighted by Gasteiger charge is 2.32. The van der Waals surface area contributed by atoms with Gasteiger partial charge < -0.3 is 0 Å². The van der Waals surface area contributed by atoms with Crippen LogP contribution in [0, 0.1) is 0 Å². The molecular weight excluding hydrogens is 561 g/mol. The number of unbranched alkanes of at least 4 members (excludes halogenated alkanes) is 2. The number of rotatable bonds is 9. The fourth-order valence-corrected chi connectivity index (χ4v) is 7.88. The number of para-hydroxylation sites is 1. The molecule has 0 bridgehead atoms. The summed E-state index contributed by atoms with van der Waals surface area (Å²) in [6.45, 7) is 3.83. The van der Waals surface area contributed by atoms with E-state index >= 15 is 0 Å². The summed E-state index contributed by atoms with van der Waals surface area (Å²) in [5.74, 6) is -0.0954. The fraction of sp³-hybridized carbons (Fsp3) is 0.367. The Morgan fingerprint density at radius 2 is 1.75 bits per heavy atom. The zero-order valence-corrected chi connectivity index (χ0v) is 25.1. The van der Waals surface area contributed by atoms with Crippen molar-refractivity contribution < 1.29 is 13.2 Å². The van der Waals surface area contributed by atoms with Gasteiger partial charge in [0.1, 0.15) is 10.0 Å². The third-order valence-corrected chi connectivity index (χ3v) is 10.5. The zero-order valence-electron chi connectivity index (χ0n) is 22.7. The Hall–Kier alpha value is -2.79. The molecule has 10 heteroatoms. The van der Waals surface area contributed by atoms with E-state index in [1.54, 1.807) is 32.1 Å². The molecule has 3 heterocycles. The van der Waals surface area contributed by atoms with E-state index in [-0.39, 0.29) is 10.8 Å². The monoisotopic (exact) mass is 594 g/mol. The van der Waals surface area contributed by atoms with Crippen LogP contribution < -0.4 is 0 Å². The van der Waals surface area contributed by atoms with Gasteiger partial charge in [-0.05, 0) is 49.6 Å². The molecule has 2 saturated heterocycles. The van der Waals surface area contributed by atoms with Crippen molar-refractivity contribution in [2.24, 2.45) is 0 Å². The topological polar surface area (TPSA) is 75.5 Å². The number of carbonyl (C=O) groups is 1. The molecule has 0 aliphatic carbocycles. The third-order valence-electron chi connectivity index (χ3n) is 7.22. The maximum Gasteiger partial charge on any atom is 0.266 e. The van der Waals surface area contributed by atoms with Crippen molar-refractivity contribution in [3.05, 3.63) is 71.3 Å². The summed E-state index contributed by atoms with van der Waals surface area (Å²) in [5, 5.41) is 4.86. The van der Waals surface area contributed by atoms with Crippen molar-refractivity contribution in [1.82, 2.24) is 19.0 Å². The van der Waals surface area contributed by atoms with Crippen molar-refractivity contribution in [2.75, 3.05) is 19.6 Å². The molecule has 1 amide bonds. The Morgan fingerprint density at radius 3 is 2.48 bits per heavy atom. The summed E-state index contributed by atoms with van der Waals surface area (Å²) in [4.78, 5) is 15.7. The molecule has 7 nitrogen and oxygen atoms in total. The summed E-state index contributed by atoms with van der Waals surface area (Å²) >= 11 is 6.83. The Labute approximate surface area is 246 Å². The molecule has 0 unspecified atom stereocenters. The van der Waals surface area contributed by atoms with Crippen LogP contribution in [0.15, 0.2) is 70.6 Å². The van der Waals surface area contributed by atoms with Crippen molar-refractivity contribution >= 4 is 50.3 Å². The average molecular weight is 595 g/mol. The molecule has 0 atom stereocenters. The molecule has 5 rings (SSSR count). The van der Waals surface area contributed by atoms with E-state index in [1.165, 1.54) is 11.8 Å². The molecule has 2 aliphatic heterocycles. The predicted octanol–water partition coefficient (Wildman–Crippen LogP) is 6.50. The van der Waals surface area contributed by atoms with Gasteiger partial charge in [-0.2, -0.15) is 9.40 Å². The molecule has 0 N–H and O–H groups in total. The van der Waals surface area contributed by atoms with Crippen LogP contribution in [-0.4, -0.2) is 57.3 Å². The predicted molar refractivity (Wildman–Crippen MR) is 166 cm³/mol. The maximum absolute atomic E-state index is 13.6. The van der Waals surface area contributed by atoms with Gasteiger partial charge in [0.05, 0.1) is 15.5 Å². The molecule has 0 saturated carbocycles. The molecule has 0 spiro atoms. The van der Waals surface area contributed by atoms with Crippen LogP contribution in [0.5, 0.6) is 0 Å². The highest BCUT2D eigenvalue weighted by molar-refractivity contribution is 8.26. The lowest BCUT2D eigenvalue weighted by Crippen LogP contribution is -2.31. The lowest BCUT2D eigenvalue weighted by molar-refractivity contribution is -0.122. The van der Waals surface area contributed by atoms with Crippen LogP contribution in [0.2, 0.25) is 0 Å². The van der Waals surface area contributed by atoms with E-state index < -0.39 is 10.0 Å². The molecule has 0 radical (unpaired) electrons. The Bertz CT molecular complexity index is 1510. The fourth-order valence-electron chi connectivity index (χ4n) is 5.02. The minimum atomic E-state index is -3.63. The number of benzene rings is 2. The van der Waals surface area contributed by atoms with E-state index in [9.17, 15) is 13.2 Å². The first-order valence-corrected chi connectivity index (χ1v) is 16.6. The normalized spacial score (nSPS) is 18.0. The number of hydrogen-bond donors (Lipinski definition) is 0. The Morgan fingerprint density at radius 1 is 1.00 bits per heavy atom. The molecule has 2 fully saturated rings. The van der Waals surface area contributed by atoms with Crippen LogP contribution in [0.1, 0.15) is 57.4 Å². The molecular formula is C30H34N4O3S3. The van der Waals surface area contributed by atoms with E-state index in [0.717, 1.165) is 56.2 Å². The second kappa shape index (κ2) is 12.8. The van der Waals surface area contributed by atoms with Crippen LogP contribution in [-0.2, 0) is 14.8 Å². The first-order chi connectivity index (χ1) is 19.4. The van der Waals surface area contributed by atoms with Gasteiger partial charge in [0.2, 0.25) is 10.0 Å². The number of sulfonamides is 1. The quantitative estimate of drug-likeness (QED) is 0.160. The second-order valence-electron chi connectivity index (χ2n) is 10.1. The van der Waals surface area contributed by atoms with E-state index in [2.05, 4.69) is 6.92 Å². The highest BCUT2D eigenvalue weighted by atomic mass is 32.2. The Kier molecular flexibility index (Phi) is 9.20. The molecule has 1 aromatic heterocycles. The van der Waals surface area contributed by atoms with Gasteiger partial charge in [0, 0.05) is 37.0 Å². The number of amides is 1. The molecule has 3 aromatic rings. The standard InChI is InChI=1S/C30H34N4O3S3/c1-2-3-9-19-33-29(35)27(39-30(33)38)21-24-22-34(25-14-7-6-8-15-25)31-28(24)23-13-12-16-26(20-23)40(36,37)32-17-10-4-5-11-18-32/h6-8,12-16,20-22H,2-5,9-11,17-19H2,1H3/b27-21-. The van der Waals surface area contributed by atoms with Crippen LogP contribution in [0.3, 0.4) is 0 Å². The van der Waals surface area contributed by atoms with Crippen molar-refractivity contribution in [2.45, 2.75) is 56.8 Å². The van der Waals surface area contributed by atoms with E-state index in [0.29, 0.717) is 40.1 Å². The van der Waals surface area contributed by atoms with Crippen LogP contribution in [0.4, 0.5) is 0 Å². The summed E-state index contributed by atoms with van der Waals surface area (Å²) in [7, 11) is -3.63. The first-order valence-electron chi connectivity index (χ1n) is 13.9. The van der Waals surface area contributed by atoms with Crippen LogP contribution >= 0.6 is 24.0 Å². The molecule has 2 aromatic carbocycles. The largest absolute Gasteiger partial charge is 0.293 e. The molecule has 40 heavy (non-hydrogen) atoms. The zero-order chi connectivity index (χ0) is 28.1. The summed E-state index contributed by atoms with van der Waals surface area (Å²) < 4.78 is 31.0. The minimum Gasteiger partial charge on any atom is -0.293 e. The van der Waals surface area contributed by atoms with Gasteiger partial charge in [-0.3, -0.25) is 9.69 Å². The van der Waals surface area contributed by atoms with E-state index in [1.807, 2.05) is 48.7 Å². The first kappa shape index (κ1) is 28.7. The smallest absolute Gasteiger partial charge is 0.266 e. The van der Waals surface area contributed by atoms with Gasteiger partial charge in [0.15, 0.2) is 0 Å². The summed E-state index contributed by atoms with van der Waals surface area (Å²) in [6, 6.07) is 16.7. The SMILES string of the molecule is CCCCCN1C(=O)/C(=C/c2cn(-c3ccccc3)nc2-c2cccc(S(=O)(=O)N3CCCCCC3)c2)SC1=S. The maximum atomic E-state index is 13.6. The van der Waals surface area contributed by atoms with Crippen molar-refractivity contribution in [3.63, 3.8) is 0 Å². The molecule has 210 valence electrons. The molecule has 2 aliphatic rings. The third kappa shape index (κ3) is 6.25. The lowest BCUT2D eigenvalue weighted by Gasteiger charge is -2.20. The number of carbonyl (C=O) groups excluding carboxylic acids is 1. The number of aromatic nitrogens is 2. The Balaban J connectivity index is 1.53. The van der Waals surface area contributed by atoms with Crippen LogP contribution in [0.25, 0.3) is 23.0 Å². The summed E-state index contributed by atoms with van der Waals surface area (Å²) in [6.07, 6.45) is 10.6. The van der Waals surface area contributed by atoms with Crippen molar-refractivity contribution in [3.8, 4) is 16.9 Å². The van der Waals surface area contributed by atoms with Gasteiger partial charge in [-0.1, -0.05) is 86.9 Å². The highest BCUT2D eigenvalue weighted by Crippen LogP contribution is 2.35. The number of thiocarbonyl (C=S) groups is 1. The number of thioether (sulfide) groups is 1. The van der Waals surface area contributed by atoms with Gasteiger partial charge in [-0.15, -0.1) is 0 Å². The van der Waals surface area contributed by atoms with Crippen molar-refractivity contribution in [1.29, 1.82) is 0 Å². The van der Waals surface area contributed by atoms with Gasteiger partial charge in [-0.25, -0.2) is 13.1 Å². The van der Waals surface area contributed by atoms with Gasteiger partial charge >= 0.3 is 0 Å². The number of nitrogens with zero attached hydrogens (tertiary/aromatic N) is 4. The second-order valence-corrected chi connectivity index (χ2v) is 13.7. The average Bonchev–Trinajstić information content (AvgIpc) is 3.35. The van der Waals surface area contributed by atoms with Gasteiger partial charge in [0.25, 0.3) is 5.91 Å².